The van der Waals surface area contributed by atoms with Gasteiger partial charge in [0.1, 0.15) is 15.4 Å². The molecule has 0 bridgehead atoms. The molecule has 1 rings (SSSR count). The predicted octanol–water partition coefficient (Wildman–Crippen LogP) is 6.14. The SMILES string of the molecule is C[C@](O)(CCCCCCCCCS(=O)(=O)CCCC(F)(F)F)C(=O)Nc1ccc(C#N)c(C(F)(F)F)c1. The smallest absolute Gasteiger partial charge is 0.380 e. The van der Waals surface area contributed by atoms with Gasteiger partial charge in [0.05, 0.1) is 28.7 Å². The zero-order valence-corrected chi connectivity index (χ0v) is 21.3. The summed E-state index contributed by atoms with van der Waals surface area (Å²) in [6, 6.07) is 4.17. The van der Waals surface area contributed by atoms with Crippen LogP contribution in [0, 0.1) is 11.3 Å². The molecule has 0 aliphatic heterocycles. The van der Waals surface area contributed by atoms with Crippen molar-refractivity contribution < 1.29 is 44.7 Å². The fourth-order valence-electron chi connectivity index (χ4n) is 3.60. The number of aliphatic hydroxyl groups is 1. The highest BCUT2D eigenvalue weighted by Gasteiger charge is 2.35. The number of halogens is 6. The molecule has 1 amide bonds. The number of rotatable bonds is 15. The number of nitrogens with one attached hydrogen (secondary N) is 1. The second-order valence-electron chi connectivity index (χ2n) is 9.19. The summed E-state index contributed by atoms with van der Waals surface area (Å²) in [6.45, 7) is 1.26. The van der Waals surface area contributed by atoms with Gasteiger partial charge < -0.3 is 10.4 Å². The van der Waals surface area contributed by atoms with Crippen molar-refractivity contribution in [2.45, 2.75) is 89.1 Å². The second-order valence-corrected chi connectivity index (χ2v) is 11.5. The van der Waals surface area contributed by atoms with Gasteiger partial charge in [-0.15, -0.1) is 0 Å². The van der Waals surface area contributed by atoms with E-state index in [-0.39, 0.29) is 17.9 Å². The largest absolute Gasteiger partial charge is 0.417 e. The van der Waals surface area contributed by atoms with Crippen LogP contribution >= 0.6 is 0 Å². The molecule has 13 heteroatoms. The molecule has 210 valence electrons. The maximum absolute atomic E-state index is 13.1. The van der Waals surface area contributed by atoms with Crippen molar-refractivity contribution in [3.63, 3.8) is 0 Å². The third-order valence-electron chi connectivity index (χ3n) is 5.73. The van der Waals surface area contributed by atoms with Crippen LogP contribution < -0.4 is 5.32 Å². The zero-order chi connectivity index (χ0) is 28.3. The topological polar surface area (TPSA) is 107 Å². The first kappa shape index (κ1) is 32.7. The molecule has 0 radical (unpaired) electrons. The summed E-state index contributed by atoms with van der Waals surface area (Å²) in [5.41, 5.74) is -3.79. The van der Waals surface area contributed by atoms with E-state index in [1.54, 1.807) is 0 Å². The number of alkyl halides is 6. The number of carbonyl (C=O) groups excluding carboxylic acids is 1. The first-order chi connectivity index (χ1) is 17.0. The molecule has 1 aromatic rings. The molecule has 0 aromatic heterocycles. The van der Waals surface area contributed by atoms with Crippen LogP contribution in [0.15, 0.2) is 18.2 Å². The number of hydrogen-bond donors (Lipinski definition) is 2. The average Bonchev–Trinajstić information content (AvgIpc) is 2.76. The summed E-state index contributed by atoms with van der Waals surface area (Å²) in [5.74, 6) is -1.50. The normalized spacial score (nSPS) is 14.1. The van der Waals surface area contributed by atoms with Gasteiger partial charge in [0.15, 0.2) is 0 Å². The van der Waals surface area contributed by atoms with Crippen LogP contribution in [0.5, 0.6) is 0 Å². The summed E-state index contributed by atoms with van der Waals surface area (Å²) >= 11 is 0. The van der Waals surface area contributed by atoms with Gasteiger partial charge in [-0.2, -0.15) is 31.6 Å². The molecule has 1 atom stereocenters. The van der Waals surface area contributed by atoms with E-state index in [9.17, 15) is 44.7 Å². The van der Waals surface area contributed by atoms with E-state index in [0.717, 1.165) is 31.4 Å². The minimum absolute atomic E-state index is 0.0669. The number of sulfone groups is 1. The fraction of sp³-hybridized carbons (Fsp3) is 0.667. The van der Waals surface area contributed by atoms with E-state index in [0.29, 0.717) is 31.7 Å². The lowest BCUT2D eigenvalue weighted by atomic mass is 9.96. The number of unbranched alkanes of at least 4 members (excludes halogenated alkanes) is 6. The van der Waals surface area contributed by atoms with Crippen molar-refractivity contribution in [3.8, 4) is 6.07 Å². The minimum atomic E-state index is -4.78. The third-order valence-corrected chi connectivity index (χ3v) is 7.55. The Morgan fingerprint density at radius 3 is 2.00 bits per heavy atom. The Morgan fingerprint density at radius 2 is 1.46 bits per heavy atom. The lowest BCUT2D eigenvalue weighted by Gasteiger charge is -2.22. The van der Waals surface area contributed by atoms with Crippen LogP contribution in [0.3, 0.4) is 0 Å². The Bertz CT molecular complexity index is 1030. The first-order valence-electron chi connectivity index (χ1n) is 11.9. The zero-order valence-electron chi connectivity index (χ0n) is 20.5. The van der Waals surface area contributed by atoms with Gasteiger partial charge in [0.25, 0.3) is 5.91 Å². The average molecular weight is 559 g/mol. The number of hydrogen-bond acceptors (Lipinski definition) is 5. The van der Waals surface area contributed by atoms with Crippen molar-refractivity contribution >= 4 is 21.4 Å². The molecule has 0 saturated heterocycles. The standard InChI is InChI=1S/C24H32F6N2O4S/c1-22(34,21(33)32-19-11-10-18(17-31)20(16-19)24(28,29)30)12-7-5-3-2-4-6-8-14-37(35,36)15-9-13-23(25,26)27/h10-11,16,34H,2-9,12-15H2,1H3,(H,32,33)/t22-/m0/s1. The fourth-order valence-corrected chi connectivity index (χ4v) is 5.04. The summed E-state index contributed by atoms with van der Waals surface area (Å²) < 4.78 is 99.1. The van der Waals surface area contributed by atoms with Crippen LogP contribution in [-0.2, 0) is 20.8 Å². The summed E-state index contributed by atoms with van der Waals surface area (Å²) in [6.07, 6.45) is -6.26. The molecule has 0 saturated carbocycles. The lowest BCUT2D eigenvalue weighted by Crippen LogP contribution is -2.40. The molecule has 0 heterocycles. The van der Waals surface area contributed by atoms with E-state index < -0.39 is 63.4 Å². The van der Waals surface area contributed by atoms with Gasteiger partial charge in [-0.1, -0.05) is 38.5 Å². The number of anilines is 1. The van der Waals surface area contributed by atoms with Crippen molar-refractivity contribution in [2.24, 2.45) is 0 Å². The van der Waals surface area contributed by atoms with Gasteiger partial charge in [0.2, 0.25) is 0 Å². The van der Waals surface area contributed by atoms with Gasteiger partial charge >= 0.3 is 12.4 Å². The molecule has 0 aliphatic rings. The molecule has 6 nitrogen and oxygen atoms in total. The molecule has 0 unspecified atom stereocenters. The number of carbonyl (C=O) groups is 1. The van der Waals surface area contributed by atoms with Crippen molar-refractivity contribution in [1.82, 2.24) is 0 Å². The highest BCUT2D eigenvalue weighted by atomic mass is 32.2. The van der Waals surface area contributed by atoms with Crippen LogP contribution in [-0.4, -0.2) is 42.7 Å². The molecule has 0 aliphatic carbocycles. The molecular formula is C24H32F6N2O4S. The van der Waals surface area contributed by atoms with E-state index >= 15 is 0 Å². The summed E-state index contributed by atoms with van der Waals surface area (Å²) in [7, 11) is -3.50. The Morgan fingerprint density at radius 1 is 0.919 bits per heavy atom. The van der Waals surface area contributed by atoms with Crippen molar-refractivity contribution in [1.29, 1.82) is 5.26 Å². The quantitative estimate of drug-likeness (QED) is 0.199. The molecule has 0 fully saturated rings. The van der Waals surface area contributed by atoms with E-state index in [2.05, 4.69) is 5.32 Å². The Hall–Kier alpha value is -2.33. The number of nitrogens with zero attached hydrogens (tertiary/aromatic N) is 1. The highest BCUT2D eigenvalue weighted by Crippen LogP contribution is 2.34. The maximum Gasteiger partial charge on any atom is 0.417 e. The predicted molar refractivity (Wildman–Crippen MR) is 126 cm³/mol. The van der Waals surface area contributed by atoms with Crippen LogP contribution in [0.25, 0.3) is 0 Å². The van der Waals surface area contributed by atoms with E-state index in [1.165, 1.54) is 13.0 Å². The Labute approximate surface area is 213 Å². The summed E-state index contributed by atoms with van der Waals surface area (Å²) in [5, 5.41) is 21.5. The molecule has 2 N–H and O–H groups in total. The minimum Gasteiger partial charge on any atom is -0.380 e. The maximum atomic E-state index is 13.1. The van der Waals surface area contributed by atoms with Gasteiger partial charge in [-0.25, -0.2) is 8.42 Å². The van der Waals surface area contributed by atoms with Gasteiger partial charge in [0, 0.05) is 12.1 Å². The third kappa shape index (κ3) is 13.2. The molecule has 37 heavy (non-hydrogen) atoms. The van der Waals surface area contributed by atoms with Crippen molar-refractivity contribution in [2.75, 3.05) is 16.8 Å². The van der Waals surface area contributed by atoms with Crippen molar-refractivity contribution in [3.05, 3.63) is 29.3 Å². The Kier molecular flexibility index (Phi) is 12.4. The summed E-state index contributed by atoms with van der Waals surface area (Å²) in [4.78, 5) is 12.4. The number of nitriles is 1. The van der Waals surface area contributed by atoms with E-state index in [4.69, 9.17) is 5.26 Å². The Balaban J connectivity index is 2.31. The van der Waals surface area contributed by atoms with Crippen LogP contribution in [0.1, 0.15) is 82.3 Å². The molecule has 1 aromatic carbocycles. The second kappa shape index (κ2) is 14.0. The monoisotopic (exact) mass is 558 g/mol. The lowest BCUT2D eigenvalue weighted by molar-refractivity contribution is -0.138. The van der Waals surface area contributed by atoms with E-state index in [1.807, 2.05) is 0 Å². The van der Waals surface area contributed by atoms with Crippen LogP contribution in [0.2, 0.25) is 0 Å². The first-order valence-corrected chi connectivity index (χ1v) is 13.7. The molecule has 0 spiro atoms. The molecular weight excluding hydrogens is 526 g/mol. The number of benzene rings is 1. The van der Waals surface area contributed by atoms with Gasteiger partial charge in [-0.05, 0) is 44.4 Å². The van der Waals surface area contributed by atoms with Crippen LogP contribution in [0.4, 0.5) is 32.0 Å². The highest BCUT2D eigenvalue weighted by molar-refractivity contribution is 7.91. The van der Waals surface area contributed by atoms with Gasteiger partial charge in [-0.3, -0.25) is 4.79 Å². The number of amides is 1.